The van der Waals surface area contributed by atoms with Crippen molar-refractivity contribution in [2.24, 2.45) is 0 Å². The average Bonchev–Trinajstić information content (AvgIpc) is 2.83. The van der Waals surface area contributed by atoms with Crippen molar-refractivity contribution in [3.8, 4) is 5.75 Å². The lowest BCUT2D eigenvalue weighted by molar-refractivity contribution is 0.410. The van der Waals surface area contributed by atoms with Crippen LogP contribution >= 0.6 is 0 Å². The maximum Gasteiger partial charge on any atom is 0.122 e. The first-order valence-electron chi connectivity index (χ1n) is 11.3. The largest absolute Gasteiger partial charge is 0.496 e. The van der Waals surface area contributed by atoms with E-state index in [0.29, 0.717) is 0 Å². The third-order valence-electron chi connectivity index (χ3n) is 5.53. The van der Waals surface area contributed by atoms with E-state index in [0.717, 1.165) is 49.1 Å². The molecule has 0 radical (unpaired) electrons. The fraction of sp³-hybridized carbons (Fsp3) is 0.233. The lowest BCUT2D eigenvalue weighted by Gasteiger charge is -2.12. The van der Waals surface area contributed by atoms with Crippen LogP contribution in [-0.2, 0) is 25.7 Å². The van der Waals surface area contributed by atoms with Crippen LogP contribution in [0.1, 0.15) is 41.3 Å². The molecule has 0 N–H and O–H groups in total. The highest BCUT2D eigenvalue weighted by atomic mass is 16.5. The van der Waals surface area contributed by atoms with Crippen LogP contribution in [0.5, 0.6) is 5.75 Å². The fourth-order valence-electron chi connectivity index (χ4n) is 3.68. The SMILES string of the molecule is C=C(/C=C\C=C/C)CCc1ccc(Cc2cc(CCc3ccccn3)ccc2OC)cc1. The monoisotopic (exact) mass is 423 g/mol. The number of allylic oxidation sites excluding steroid dienone is 5. The number of nitrogens with zero attached hydrogens (tertiary/aromatic N) is 1. The first kappa shape index (κ1) is 23.3. The van der Waals surface area contributed by atoms with Gasteiger partial charge in [0.1, 0.15) is 5.75 Å². The van der Waals surface area contributed by atoms with Crippen molar-refractivity contribution in [1.82, 2.24) is 4.98 Å². The minimum atomic E-state index is 0.861. The number of aryl methyl sites for hydroxylation is 3. The van der Waals surface area contributed by atoms with Crippen molar-refractivity contribution in [3.63, 3.8) is 0 Å². The van der Waals surface area contributed by atoms with E-state index in [1.807, 2.05) is 43.5 Å². The van der Waals surface area contributed by atoms with Gasteiger partial charge in [0.05, 0.1) is 7.11 Å². The van der Waals surface area contributed by atoms with Crippen molar-refractivity contribution in [2.45, 2.75) is 39.0 Å². The van der Waals surface area contributed by atoms with Gasteiger partial charge in [-0.1, -0.05) is 78.9 Å². The zero-order valence-electron chi connectivity index (χ0n) is 19.3. The number of aromatic nitrogens is 1. The average molecular weight is 424 g/mol. The van der Waals surface area contributed by atoms with Crippen molar-refractivity contribution in [2.75, 3.05) is 7.11 Å². The number of hydrogen-bond donors (Lipinski definition) is 0. The molecule has 0 aliphatic heterocycles. The van der Waals surface area contributed by atoms with Gasteiger partial charge in [-0.25, -0.2) is 0 Å². The van der Waals surface area contributed by atoms with Gasteiger partial charge in [-0.3, -0.25) is 4.98 Å². The predicted octanol–water partition coefficient (Wildman–Crippen LogP) is 7.09. The summed E-state index contributed by atoms with van der Waals surface area (Å²) in [6, 6.07) is 21.5. The molecule has 0 aliphatic rings. The summed E-state index contributed by atoms with van der Waals surface area (Å²) in [5, 5.41) is 0. The van der Waals surface area contributed by atoms with Crippen molar-refractivity contribution < 1.29 is 4.74 Å². The Kier molecular flexibility index (Phi) is 9.06. The van der Waals surface area contributed by atoms with Crippen molar-refractivity contribution in [3.05, 3.63) is 131 Å². The first-order chi connectivity index (χ1) is 15.7. The topological polar surface area (TPSA) is 22.1 Å². The van der Waals surface area contributed by atoms with Crippen LogP contribution in [-0.4, -0.2) is 12.1 Å². The van der Waals surface area contributed by atoms with Gasteiger partial charge < -0.3 is 4.74 Å². The molecule has 2 aromatic carbocycles. The van der Waals surface area contributed by atoms with E-state index in [2.05, 4.69) is 66.2 Å². The maximum absolute atomic E-state index is 5.63. The molecule has 3 aromatic rings. The van der Waals surface area contributed by atoms with Gasteiger partial charge >= 0.3 is 0 Å². The number of methoxy groups -OCH3 is 1. The van der Waals surface area contributed by atoms with E-state index in [-0.39, 0.29) is 0 Å². The summed E-state index contributed by atoms with van der Waals surface area (Å²) in [5.41, 5.74) is 7.44. The van der Waals surface area contributed by atoms with Crippen LogP contribution in [0.25, 0.3) is 0 Å². The second-order valence-electron chi connectivity index (χ2n) is 8.00. The Morgan fingerprint density at radius 1 is 0.906 bits per heavy atom. The lowest BCUT2D eigenvalue weighted by Crippen LogP contribution is -1.99. The Hall–Kier alpha value is -3.39. The van der Waals surface area contributed by atoms with Crippen LogP contribution in [0, 0.1) is 0 Å². The molecule has 0 unspecified atom stereocenters. The summed E-state index contributed by atoms with van der Waals surface area (Å²) in [4.78, 5) is 4.43. The number of benzene rings is 2. The van der Waals surface area contributed by atoms with Crippen LogP contribution < -0.4 is 4.74 Å². The zero-order chi connectivity index (χ0) is 22.6. The standard InChI is InChI=1S/C30H33NO/c1-4-5-6-9-24(2)11-12-25-13-15-26(16-14-25)22-28-23-27(18-20-30(28)32-3)17-19-29-10-7-8-21-31-29/h4-10,13-16,18,20-21,23H,2,11-12,17,19,22H2,1,3H3/b5-4-,9-6-. The smallest absolute Gasteiger partial charge is 0.122 e. The van der Waals surface area contributed by atoms with E-state index in [9.17, 15) is 0 Å². The molecule has 0 saturated carbocycles. The Labute approximate surface area is 193 Å². The van der Waals surface area contributed by atoms with Crippen LogP contribution in [0.4, 0.5) is 0 Å². The van der Waals surface area contributed by atoms with Gasteiger partial charge in [0.2, 0.25) is 0 Å². The summed E-state index contributed by atoms with van der Waals surface area (Å²) >= 11 is 0. The first-order valence-corrected chi connectivity index (χ1v) is 11.3. The van der Waals surface area contributed by atoms with Gasteiger partial charge in [-0.05, 0) is 73.1 Å². The molecular weight excluding hydrogens is 390 g/mol. The van der Waals surface area contributed by atoms with E-state index in [1.54, 1.807) is 7.11 Å². The highest BCUT2D eigenvalue weighted by Gasteiger charge is 2.07. The summed E-state index contributed by atoms with van der Waals surface area (Å²) in [5.74, 6) is 0.944. The molecule has 0 atom stereocenters. The molecule has 164 valence electrons. The summed E-state index contributed by atoms with van der Waals surface area (Å²) in [6.45, 7) is 6.15. The molecule has 1 aromatic heterocycles. The molecule has 1 heterocycles. The molecule has 2 nitrogen and oxygen atoms in total. The Morgan fingerprint density at radius 3 is 2.41 bits per heavy atom. The van der Waals surface area contributed by atoms with E-state index >= 15 is 0 Å². The zero-order valence-corrected chi connectivity index (χ0v) is 19.3. The molecule has 32 heavy (non-hydrogen) atoms. The predicted molar refractivity (Wildman–Crippen MR) is 135 cm³/mol. The Morgan fingerprint density at radius 2 is 1.69 bits per heavy atom. The van der Waals surface area contributed by atoms with Crippen molar-refractivity contribution in [1.29, 1.82) is 0 Å². The third-order valence-corrected chi connectivity index (χ3v) is 5.53. The molecular formula is C30H33NO. The minimum Gasteiger partial charge on any atom is -0.496 e. The molecule has 0 fully saturated rings. The fourth-order valence-corrected chi connectivity index (χ4v) is 3.68. The normalized spacial score (nSPS) is 11.3. The van der Waals surface area contributed by atoms with Crippen molar-refractivity contribution >= 4 is 0 Å². The van der Waals surface area contributed by atoms with Crippen LogP contribution in [0.15, 0.2) is 103 Å². The highest BCUT2D eigenvalue weighted by Crippen LogP contribution is 2.24. The number of pyridine rings is 1. The molecule has 0 bridgehead atoms. The third kappa shape index (κ3) is 7.39. The molecule has 0 amide bonds. The quantitative estimate of drug-likeness (QED) is 0.307. The summed E-state index contributed by atoms with van der Waals surface area (Å²) < 4.78 is 5.63. The lowest BCUT2D eigenvalue weighted by atomic mass is 9.97. The molecule has 0 spiro atoms. The summed E-state index contributed by atoms with van der Waals surface area (Å²) in [6.07, 6.45) is 14.8. The highest BCUT2D eigenvalue weighted by molar-refractivity contribution is 5.41. The molecule has 2 heteroatoms. The van der Waals surface area contributed by atoms with E-state index in [1.165, 1.54) is 22.3 Å². The van der Waals surface area contributed by atoms with Gasteiger partial charge in [0.15, 0.2) is 0 Å². The van der Waals surface area contributed by atoms with Gasteiger partial charge in [0, 0.05) is 18.3 Å². The van der Waals surface area contributed by atoms with E-state index < -0.39 is 0 Å². The maximum atomic E-state index is 5.63. The number of rotatable bonds is 11. The second-order valence-corrected chi connectivity index (χ2v) is 8.00. The minimum absolute atomic E-state index is 0.861. The molecule has 3 rings (SSSR count). The van der Waals surface area contributed by atoms with Gasteiger partial charge in [-0.15, -0.1) is 0 Å². The van der Waals surface area contributed by atoms with Gasteiger partial charge in [-0.2, -0.15) is 0 Å². The summed E-state index contributed by atoms with van der Waals surface area (Å²) in [7, 11) is 1.74. The van der Waals surface area contributed by atoms with Crippen LogP contribution in [0.2, 0.25) is 0 Å². The van der Waals surface area contributed by atoms with Gasteiger partial charge in [0.25, 0.3) is 0 Å². The van der Waals surface area contributed by atoms with E-state index in [4.69, 9.17) is 4.74 Å². The number of hydrogen-bond acceptors (Lipinski definition) is 2. The second kappa shape index (κ2) is 12.5. The molecule has 0 saturated heterocycles. The number of ether oxygens (including phenoxy) is 1. The Balaban J connectivity index is 1.61. The Bertz CT molecular complexity index is 1050. The molecule has 0 aliphatic carbocycles. The van der Waals surface area contributed by atoms with Crippen LogP contribution in [0.3, 0.4) is 0 Å².